The molecule has 1 unspecified atom stereocenters. The normalized spacial score (nSPS) is 20.1. The topological polar surface area (TPSA) is 76.1 Å². The van der Waals surface area contributed by atoms with Crippen LogP contribution in [0.1, 0.15) is 25.3 Å². The van der Waals surface area contributed by atoms with Crippen LogP contribution in [0, 0.1) is 0 Å². The number of esters is 1. The Kier molecular flexibility index (Phi) is 5.30. The van der Waals surface area contributed by atoms with Crippen molar-refractivity contribution in [2.24, 2.45) is 0 Å². The highest BCUT2D eigenvalue weighted by Crippen LogP contribution is 2.19. The molecular formula is C15H19NO5. The predicted molar refractivity (Wildman–Crippen MR) is 74.1 cm³/mol. The molecule has 21 heavy (non-hydrogen) atoms. The molecule has 0 spiro atoms. The Morgan fingerprint density at radius 2 is 2.10 bits per heavy atom. The van der Waals surface area contributed by atoms with Crippen molar-refractivity contribution in [3.05, 3.63) is 35.9 Å². The van der Waals surface area contributed by atoms with Gasteiger partial charge in [-0.2, -0.15) is 5.06 Å². The smallest absolute Gasteiger partial charge is 0.337 e. The van der Waals surface area contributed by atoms with Crippen LogP contribution in [-0.2, 0) is 25.8 Å². The molecule has 0 bridgehead atoms. The fraction of sp³-hybridized carbons (Fsp3) is 0.467. The molecule has 1 fully saturated rings. The van der Waals surface area contributed by atoms with Gasteiger partial charge in [0.2, 0.25) is 0 Å². The summed E-state index contributed by atoms with van der Waals surface area (Å²) in [4.78, 5) is 28.3. The van der Waals surface area contributed by atoms with Crippen molar-refractivity contribution in [3.63, 3.8) is 0 Å². The third kappa shape index (κ3) is 4.27. The highest BCUT2D eigenvalue weighted by atomic mass is 16.7. The van der Waals surface area contributed by atoms with Crippen LogP contribution < -0.4 is 0 Å². The quantitative estimate of drug-likeness (QED) is 0.803. The molecule has 1 aromatic rings. The van der Waals surface area contributed by atoms with E-state index in [9.17, 15) is 9.59 Å². The lowest BCUT2D eigenvalue weighted by Crippen LogP contribution is -2.40. The first kappa shape index (κ1) is 15.5. The van der Waals surface area contributed by atoms with Crippen LogP contribution >= 0.6 is 0 Å². The summed E-state index contributed by atoms with van der Waals surface area (Å²) < 4.78 is 5.16. The SMILES string of the molecule is CC(ON1CCC[C@H]1C(=O)O)C(=O)OCc1ccccc1. The molecule has 2 rings (SSSR count). The second-order valence-electron chi connectivity index (χ2n) is 4.98. The number of carbonyl (C=O) groups excluding carboxylic acids is 1. The predicted octanol–water partition coefficient (Wildman–Crippen LogP) is 1.60. The van der Waals surface area contributed by atoms with Crippen molar-refractivity contribution < 1.29 is 24.3 Å². The Morgan fingerprint density at radius 3 is 2.76 bits per heavy atom. The van der Waals surface area contributed by atoms with Crippen molar-refractivity contribution in [2.45, 2.75) is 38.5 Å². The van der Waals surface area contributed by atoms with Gasteiger partial charge in [0.1, 0.15) is 12.6 Å². The van der Waals surface area contributed by atoms with Gasteiger partial charge in [0.25, 0.3) is 0 Å². The van der Waals surface area contributed by atoms with Crippen molar-refractivity contribution in [3.8, 4) is 0 Å². The third-order valence-corrected chi connectivity index (χ3v) is 3.34. The minimum atomic E-state index is -0.933. The first-order valence-corrected chi connectivity index (χ1v) is 6.94. The Labute approximate surface area is 123 Å². The van der Waals surface area contributed by atoms with E-state index in [0.717, 1.165) is 12.0 Å². The van der Waals surface area contributed by atoms with E-state index in [-0.39, 0.29) is 6.61 Å². The first-order valence-electron chi connectivity index (χ1n) is 6.94. The van der Waals surface area contributed by atoms with E-state index in [4.69, 9.17) is 14.7 Å². The van der Waals surface area contributed by atoms with E-state index in [2.05, 4.69) is 0 Å². The number of benzene rings is 1. The number of hydrogen-bond acceptors (Lipinski definition) is 5. The van der Waals surface area contributed by atoms with Crippen LogP contribution in [0.5, 0.6) is 0 Å². The Balaban J connectivity index is 1.81. The Hall–Kier alpha value is -1.92. The number of rotatable bonds is 6. The lowest BCUT2D eigenvalue weighted by atomic mass is 10.2. The van der Waals surface area contributed by atoms with Gasteiger partial charge in [-0.1, -0.05) is 30.3 Å². The average molecular weight is 293 g/mol. The number of carboxylic acid groups (broad SMARTS) is 1. The first-order chi connectivity index (χ1) is 10.1. The maximum Gasteiger partial charge on any atom is 0.337 e. The number of aliphatic carboxylic acids is 1. The highest BCUT2D eigenvalue weighted by molar-refractivity contribution is 5.75. The maximum atomic E-state index is 11.9. The molecule has 1 aromatic carbocycles. The third-order valence-electron chi connectivity index (χ3n) is 3.34. The minimum absolute atomic E-state index is 0.176. The van der Waals surface area contributed by atoms with Gasteiger partial charge in [-0.3, -0.25) is 9.63 Å². The number of ether oxygens (including phenoxy) is 1. The molecule has 114 valence electrons. The fourth-order valence-corrected chi connectivity index (χ4v) is 2.21. The van der Waals surface area contributed by atoms with Gasteiger partial charge in [-0.15, -0.1) is 0 Å². The molecule has 2 atom stereocenters. The summed E-state index contributed by atoms with van der Waals surface area (Å²) in [5.74, 6) is -1.44. The molecule has 0 amide bonds. The molecule has 1 aliphatic rings. The second kappa shape index (κ2) is 7.19. The molecule has 1 saturated heterocycles. The van der Waals surface area contributed by atoms with Gasteiger partial charge in [0.15, 0.2) is 6.10 Å². The summed E-state index contributed by atoms with van der Waals surface area (Å²) >= 11 is 0. The molecule has 0 aromatic heterocycles. The lowest BCUT2D eigenvalue weighted by molar-refractivity contribution is -0.219. The zero-order chi connectivity index (χ0) is 15.2. The zero-order valence-corrected chi connectivity index (χ0v) is 11.9. The Morgan fingerprint density at radius 1 is 1.38 bits per heavy atom. The zero-order valence-electron chi connectivity index (χ0n) is 11.9. The van der Waals surface area contributed by atoms with Crippen LogP contribution in [0.15, 0.2) is 30.3 Å². The standard InChI is InChI=1S/C15H19NO5/c1-11(21-16-9-5-8-13(16)14(17)18)15(19)20-10-12-6-3-2-4-7-12/h2-4,6-7,11,13H,5,8-10H2,1H3,(H,17,18)/t11?,13-/m0/s1. The summed E-state index contributed by atoms with van der Waals surface area (Å²) in [6.45, 7) is 2.24. The van der Waals surface area contributed by atoms with Gasteiger partial charge < -0.3 is 9.84 Å². The van der Waals surface area contributed by atoms with Crippen molar-refractivity contribution in [1.29, 1.82) is 0 Å². The molecule has 6 heteroatoms. The number of nitrogens with zero attached hydrogens (tertiary/aromatic N) is 1. The maximum absolute atomic E-state index is 11.9. The molecule has 0 saturated carbocycles. The number of carboxylic acids is 1. The number of hydrogen-bond donors (Lipinski definition) is 1. The second-order valence-corrected chi connectivity index (χ2v) is 4.98. The molecule has 1 N–H and O–H groups in total. The van der Waals surface area contributed by atoms with Gasteiger partial charge in [-0.05, 0) is 25.3 Å². The molecule has 6 nitrogen and oxygen atoms in total. The van der Waals surface area contributed by atoms with Crippen LogP contribution in [0.3, 0.4) is 0 Å². The van der Waals surface area contributed by atoms with Crippen molar-refractivity contribution >= 4 is 11.9 Å². The van der Waals surface area contributed by atoms with Gasteiger partial charge in [0.05, 0.1) is 0 Å². The van der Waals surface area contributed by atoms with Crippen LogP contribution in [0.2, 0.25) is 0 Å². The summed E-state index contributed by atoms with van der Waals surface area (Å²) in [5.41, 5.74) is 0.891. The fourth-order valence-electron chi connectivity index (χ4n) is 2.21. The molecule has 1 heterocycles. The average Bonchev–Trinajstić information content (AvgIpc) is 2.94. The number of carbonyl (C=O) groups is 2. The van der Waals surface area contributed by atoms with Crippen LogP contribution in [-0.4, -0.2) is 40.8 Å². The minimum Gasteiger partial charge on any atom is -0.480 e. The molecule has 0 aliphatic carbocycles. The van der Waals surface area contributed by atoms with Gasteiger partial charge in [-0.25, -0.2) is 4.79 Å². The summed E-state index contributed by atoms with van der Waals surface area (Å²) in [5, 5.41) is 10.4. The van der Waals surface area contributed by atoms with E-state index in [1.54, 1.807) is 6.92 Å². The largest absolute Gasteiger partial charge is 0.480 e. The van der Waals surface area contributed by atoms with E-state index in [1.165, 1.54) is 5.06 Å². The molecule has 1 aliphatic heterocycles. The van der Waals surface area contributed by atoms with E-state index in [0.29, 0.717) is 13.0 Å². The van der Waals surface area contributed by atoms with Gasteiger partial charge >= 0.3 is 11.9 Å². The Bertz CT molecular complexity index is 490. The van der Waals surface area contributed by atoms with E-state index in [1.807, 2.05) is 30.3 Å². The lowest BCUT2D eigenvalue weighted by Gasteiger charge is -2.23. The summed E-state index contributed by atoms with van der Waals surface area (Å²) in [6.07, 6.45) is 0.442. The van der Waals surface area contributed by atoms with E-state index < -0.39 is 24.1 Å². The molecule has 0 radical (unpaired) electrons. The summed E-state index contributed by atoms with van der Waals surface area (Å²) in [7, 11) is 0. The van der Waals surface area contributed by atoms with Crippen LogP contribution in [0.25, 0.3) is 0 Å². The van der Waals surface area contributed by atoms with Crippen LogP contribution in [0.4, 0.5) is 0 Å². The number of hydroxylamine groups is 2. The summed E-state index contributed by atoms with van der Waals surface area (Å²) in [6, 6.07) is 8.65. The monoisotopic (exact) mass is 293 g/mol. The highest BCUT2D eigenvalue weighted by Gasteiger charge is 2.34. The van der Waals surface area contributed by atoms with Crippen molar-refractivity contribution in [1.82, 2.24) is 5.06 Å². The van der Waals surface area contributed by atoms with E-state index >= 15 is 0 Å². The van der Waals surface area contributed by atoms with Crippen molar-refractivity contribution in [2.75, 3.05) is 6.54 Å². The molecular weight excluding hydrogens is 274 g/mol. The van der Waals surface area contributed by atoms with Gasteiger partial charge in [0, 0.05) is 6.54 Å².